The minimum absolute atomic E-state index is 0.0342. The number of nitrogens with two attached hydrogens (primary N) is 1. The minimum atomic E-state index is -1.83. The van der Waals surface area contributed by atoms with Crippen LogP contribution in [0.2, 0.25) is 0 Å². The van der Waals surface area contributed by atoms with Gasteiger partial charge in [0.25, 0.3) is 5.91 Å². The second-order valence-electron chi connectivity index (χ2n) is 32.1. The van der Waals surface area contributed by atoms with E-state index >= 15 is 9.59 Å². The van der Waals surface area contributed by atoms with E-state index in [0.29, 0.717) is 37.2 Å². The average Bonchev–Trinajstić information content (AvgIpc) is 1.60. The van der Waals surface area contributed by atoms with Crippen molar-refractivity contribution in [1.29, 1.82) is 0 Å². The van der Waals surface area contributed by atoms with Crippen LogP contribution in [0.5, 0.6) is 0 Å². The smallest absolute Gasteiger partial charge is 0.329 e. The van der Waals surface area contributed by atoms with Gasteiger partial charge in [0.1, 0.15) is 84.3 Å². The molecule has 1 aromatic carbocycles. The molecule has 3 fully saturated rings. The standard InChI is InChI=1S/C80H132N14O16/c1-18-48(14)64(76(105)93-67-51(17)110-80(109)63(47(12)13)89-68(97)54(20-3)82-71(100)57(42-53-33-25-22-26-34-53)85-73(102)61(45(8)9)87-75(104)65(49(15)19-2)91-78(67)107)90-69(98)55(35-28-40-81)83-72(101)58-36-29-41-94(58)79(108)62(46(10)11)88-70(99)56(39-38-52-31-23-21-24-32-52)84-77(106)66(50(16)95)92-74(103)60(44(6)7)86-59(96)37-27-30-43(4)5/h20,22,25-26,33-34,43-52,55-58,60-67,95H,18-19,21,23-24,27-32,35-42,81H2,1-17H3,(H,82,100)(H,83,101)(H,84,106)(H,85,102)(H,86,96)(H,87,104)(H,88,99)(H,89,97)(H,90,98)(H,91,107)(H,92,103)(H,93,105)/b54-20-/t48-,49-,50-,51+,55+,56+,57+,58-,60-,61-,62-,63+,64-,65-,66+,67-/m1/s1. The number of likely N-dealkylation sites (tertiary alicyclic amines) is 1. The van der Waals surface area contributed by atoms with E-state index in [-0.39, 0.29) is 75.6 Å². The van der Waals surface area contributed by atoms with Crippen LogP contribution < -0.4 is 69.5 Å². The largest absolute Gasteiger partial charge is 0.458 e. The molecule has 3 aliphatic rings. The molecule has 2 saturated heterocycles. The molecule has 0 unspecified atom stereocenters. The maximum absolute atomic E-state index is 15.1. The number of aliphatic hydroxyl groups is 1. The highest BCUT2D eigenvalue weighted by atomic mass is 16.5. The molecule has 0 radical (unpaired) electrons. The van der Waals surface area contributed by atoms with Crippen molar-refractivity contribution in [3.8, 4) is 0 Å². The molecule has 618 valence electrons. The zero-order chi connectivity index (χ0) is 82.4. The van der Waals surface area contributed by atoms with E-state index in [9.17, 15) is 62.6 Å². The van der Waals surface area contributed by atoms with Gasteiger partial charge < -0.3 is 84.3 Å². The van der Waals surface area contributed by atoms with Crippen LogP contribution in [0.3, 0.4) is 0 Å². The van der Waals surface area contributed by atoms with Crippen LogP contribution in [0, 0.1) is 47.3 Å². The lowest BCUT2D eigenvalue weighted by molar-refractivity contribution is -0.157. The van der Waals surface area contributed by atoms with E-state index < -0.39 is 197 Å². The Kier molecular flexibility index (Phi) is 39.5. The zero-order valence-corrected chi connectivity index (χ0v) is 68.2. The summed E-state index contributed by atoms with van der Waals surface area (Å²) in [5.41, 5.74) is 6.38. The van der Waals surface area contributed by atoms with Crippen molar-refractivity contribution < 1.29 is 77.0 Å². The molecule has 4 rings (SSSR count). The Bertz CT molecular complexity index is 3290. The average molecular weight is 1550 g/mol. The Balaban J connectivity index is 1.66. The zero-order valence-electron chi connectivity index (χ0n) is 68.2. The van der Waals surface area contributed by atoms with Crippen molar-refractivity contribution in [2.75, 3.05) is 13.1 Å². The maximum atomic E-state index is 15.1. The molecular formula is C80H132N14O16. The first kappa shape index (κ1) is 93.8. The highest BCUT2D eigenvalue weighted by molar-refractivity contribution is 6.03. The molecule has 30 heteroatoms. The summed E-state index contributed by atoms with van der Waals surface area (Å²) in [6, 6.07) is -7.54. The van der Waals surface area contributed by atoms with Crippen LogP contribution in [0.4, 0.5) is 0 Å². The quantitative estimate of drug-likeness (QED) is 0.0341. The Morgan fingerprint density at radius 2 is 1.18 bits per heavy atom. The number of hydrogen-bond donors (Lipinski definition) is 14. The molecule has 30 nitrogen and oxygen atoms in total. The third-order valence-electron chi connectivity index (χ3n) is 21.2. The molecule has 0 spiro atoms. The molecule has 2 aliphatic heterocycles. The molecule has 13 amide bonds. The Labute approximate surface area is 651 Å². The molecule has 110 heavy (non-hydrogen) atoms. The van der Waals surface area contributed by atoms with Crippen LogP contribution >= 0.6 is 0 Å². The van der Waals surface area contributed by atoms with Crippen LogP contribution in [0.15, 0.2) is 42.1 Å². The molecule has 16 atom stereocenters. The lowest BCUT2D eigenvalue weighted by Crippen LogP contribution is -2.64. The Morgan fingerprint density at radius 1 is 0.600 bits per heavy atom. The minimum Gasteiger partial charge on any atom is -0.458 e. The molecular weight excluding hydrogens is 1410 g/mol. The topological polar surface area (TPSA) is 442 Å². The fourth-order valence-corrected chi connectivity index (χ4v) is 13.8. The molecule has 1 aliphatic carbocycles. The summed E-state index contributed by atoms with van der Waals surface area (Å²) in [7, 11) is 0. The van der Waals surface area contributed by atoms with Gasteiger partial charge in [-0.25, -0.2) is 4.79 Å². The first-order chi connectivity index (χ1) is 51.9. The summed E-state index contributed by atoms with van der Waals surface area (Å²) < 4.78 is 5.98. The van der Waals surface area contributed by atoms with Gasteiger partial charge in [0, 0.05) is 19.4 Å². The summed E-state index contributed by atoms with van der Waals surface area (Å²) >= 11 is 0. The maximum Gasteiger partial charge on any atom is 0.329 e. The number of amides is 13. The number of cyclic esters (lactones) is 1. The summed E-state index contributed by atoms with van der Waals surface area (Å²) in [5, 5.41) is 43.8. The van der Waals surface area contributed by atoms with Gasteiger partial charge in [-0.3, -0.25) is 62.3 Å². The van der Waals surface area contributed by atoms with E-state index in [4.69, 9.17) is 10.5 Å². The number of ether oxygens (including phenoxy) is 1. The lowest BCUT2D eigenvalue weighted by atomic mass is 9.85. The number of hydrogen-bond acceptors (Lipinski definition) is 17. The molecule has 1 saturated carbocycles. The number of benzene rings is 1. The van der Waals surface area contributed by atoms with E-state index in [1.165, 1.54) is 31.7 Å². The monoisotopic (exact) mass is 1540 g/mol. The number of carbonyl (C=O) groups excluding carboxylic acids is 14. The first-order valence-electron chi connectivity index (χ1n) is 40.1. The summed E-state index contributed by atoms with van der Waals surface area (Å²) in [6.07, 6.45) is 6.69. The summed E-state index contributed by atoms with van der Waals surface area (Å²) in [6.45, 7) is 28.7. The number of nitrogens with zero attached hydrogens (tertiary/aromatic N) is 1. The molecule has 15 N–H and O–H groups in total. The highest BCUT2D eigenvalue weighted by Crippen LogP contribution is 2.29. The molecule has 1 aromatic rings. The highest BCUT2D eigenvalue weighted by Gasteiger charge is 2.45. The van der Waals surface area contributed by atoms with Crippen molar-refractivity contribution in [1.82, 2.24) is 68.7 Å². The third-order valence-corrected chi connectivity index (χ3v) is 21.2. The fourth-order valence-electron chi connectivity index (χ4n) is 13.8. The van der Waals surface area contributed by atoms with Gasteiger partial charge in [-0.1, -0.05) is 185 Å². The van der Waals surface area contributed by atoms with Crippen LogP contribution in [0.1, 0.15) is 226 Å². The third kappa shape index (κ3) is 29.0. The molecule has 2 heterocycles. The van der Waals surface area contributed by atoms with E-state index in [1.54, 1.807) is 113 Å². The predicted molar refractivity (Wildman–Crippen MR) is 416 cm³/mol. The van der Waals surface area contributed by atoms with Gasteiger partial charge in [-0.2, -0.15) is 0 Å². The second kappa shape index (κ2) is 46.3. The second-order valence-corrected chi connectivity index (χ2v) is 32.1. The van der Waals surface area contributed by atoms with Crippen molar-refractivity contribution >= 4 is 82.8 Å². The number of rotatable bonds is 35. The summed E-state index contributed by atoms with van der Waals surface area (Å²) in [4.78, 5) is 204. The van der Waals surface area contributed by atoms with Gasteiger partial charge in [0.2, 0.25) is 70.9 Å². The number of carbonyl (C=O) groups is 14. The van der Waals surface area contributed by atoms with E-state index in [2.05, 4.69) is 63.8 Å². The number of esters is 1. The Hall–Kier alpha value is -8.54. The van der Waals surface area contributed by atoms with Crippen LogP contribution in [0.25, 0.3) is 0 Å². The molecule has 0 aromatic heterocycles. The number of nitrogens with one attached hydrogen (secondary N) is 12. The Morgan fingerprint density at radius 3 is 1.75 bits per heavy atom. The summed E-state index contributed by atoms with van der Waals surface area (Å²) in [5.74, 6) is -14.0. The van der Waals surface area contributed by atoms with Crippen LogP contribution in [-0.2, 0) is 78.3 Å². The van der Waals surface area contributed by atoms with E-state index in [0.717, 1.165) is 38.5 Å². The number of allylic oxidation sites excluding steroid dienone is 1. The van der Waals surface area contributed by atoms with Gasteiger partial charge in [-0.15, -0.1) is 0 Å². The van der Waals surface area contributed by atoms with Crippen LogP contribution in [-0.4, -0.2) is 191 Å². The van der Waals surface area contributed by atoms with Crippen molar-refractivity contribution in [2.45, 2.75) is 312 Å². The SMILES string of the molecule is C/C=C1\NC(=O)[C@H](Cc2ccccc2)NC(=O)[C@@H](C(C)C)NC(=O)[C@@H]([C@H](C)CC)NC(=O)[C@H](NC(=O)[C@H](NC(=O)[C@H](CCCN)NC(=O)[C@H]2CCCN2C(=O)[C@H](NC(=O)[C@H](CCC2CCCCC2)NC(=O)[C@@H](NC(=O)[C@H](NC(=O)CCCC(C)C)C(C)C)[C@@H](C)O)C(C)C)[C@H](C)CC)[C@H](C)OC(=O)[C@H](C(C)C)NC1=O. The number of aliphatic hydroxyl groups excluding tert-OH is 1. The van der Waals surface area contributed by atoms with Gasteiger partial charge in [0.15, 0.2) is 0 Å². The lowest BCUT2D eigenvalue weighted by Gasteiger charge is -2.33. The van der Waals surface area contributed by atoms with Crippen molar-refractivity contribution in [3.05, 3.63) is 47.7 Å². The van der Waals surface area contributed by atoms with Gasteiger partial charge in [-0.05, 0) is 125 Å². The molecule has 0 bridgehead atoms. The van der Waals surface area contributed by atoms with Gasteiger partial charge in [0.05, 0.1) is 6.10 Å². The first-order valence-corrected chi connectivity index (χ1v) is 40.1. The predicted octanol–water partition coefficient (Wildman–Crippen LogP) is 3.54. The van der Waals surface area contributed by atoms with Gasteiger partial charge >= 0.3 is 5.97 Å². The normalized spacial score (nSPS) is 23.0. The van der Waals surface area contributed by atoms with Crippen molar-refractivity contribution in [3.63, 3.8) is 0 Å². The van der Waals surface area contributed by atoms with E-state index in [1.807, 2.05) is 13.8 Å². The fraction of sp³-hybridized carbons (Fsp3) is 0.725. The van der Waals surface area contributed by atoms with Crippen molar-refractivity contribution in [2.24, 2.45) is 53.1 Å².